The predicted molar refractivity (Wildman–Crippen MR) is 128 cm³/mol. The fourth-order valence-corrected chi connectivity index (χ4v) is 3.98. The molecule has 172 valence electrons. The number of piperidine rings is 1. The summed E-state index contributed by atoms with van der Waals surface area (Å²) >= 11 is 0. The van der Waals surface area contributed by atoms with Crippen LogP contribution in [0.2, 0.25) is 0 Å². The zero-order valence-electron chi connectivity index (χ0n) is 18.5. The summed E-state index contributed by atoms with van der Waals surface area (Å²) in [6.45, 7) is 1.75. The molecule has 1 atom stereocenters. The second-order valence-electron chi connectivity index (χ2n) is 8.01. The van der Waals surface area contributed by atoms with E-state index in [1.54, 1.807) is 60.9 Å². The number of hydrogen-bond donors (Lipinski definition) is 3. The van der Waals surface area contributed by atoms with Crippen LogP contribution in [-0.2, 0) is 4.74 Å². The van der Waals surface area contributed by atoms with Crippen molar-refractivity contribution >= 4 is 23.4 Å². The lowest BCUT2D eigenvalue weighted by Gasteiger charge is -2.30. The van der Waals surface area contributed by atoms with Crippen LogP contribution >= 0.6 is 0 Å². The summed E-state index contributed by atoms with van der Waals surface area (Å²) in [5.74, 6) is -0.155. The van der Waals surface area contributed by atoms with E-state index in [2.05, 4.69) is 20.9 Å². The quantitative estimate of drug-likeness (QED) is 0.504. The lowest BCUT2D eigenvalue weighted by molar-refractivity contribution is 0.0591. The molecule has 3 aromatic rings. The van der Waals surface area contributed by atoms with E-state index in [9.17, 15) is 9.59 Å². The van der Waals surface area contributed by atoms with Crippen molar-refractivity contribution in [2.75, 3.05) is 23.7 Å². The molecule has 4 rings (SSSR count). The van der Waals surface area contributed by atoms with E-state index in [-0.39, 0.29) is 11.8 Å². The molecule has 1 aromatic heterocycles. The number of ether oxygens (including phenoxy) is 1. The zero-order chi connectivity index (χ0) is 23.8. The highest BCUT2D eigenvalue weighted by Gasteiger charge is 2.28. The third kappa shape index (κ3) is 5.77. The molecule has 34 heavy (non-hydrogen) atoms. The molecule has 1 aliphatic heterocycles. The van der Waals surface area contributed by atoms with Gasteiger partial charge in [-0.05, 0) is 80.0 Å². The molecule has 8 nitrogen and oxygen atoms in total. The van der Waals surface area contributed by atoms with Gasteiger partial charge < -0.3 is 15.4 Å². The van der Waals surface area contributed by atoms with Crippen LogP contribution in [0.3, 0.4) is 0 Å². The highest BCUT2D eigenvalue weighted by Crippen LogP contribution is 2.33. The molecule has 3 N–H and O–H groups in total. The fourth-order valence-electron chi connectivity index (χ4n) is 3.98. The molecule has 0 spiro atoms. The zero-order valence-corrected chi connectivity index (χ0v) is 18.5. The van der Waals surface area contributed by atoms with Gasteiger partial charge in [0.1, 0.15) is 6.10 Å². The van der Waals surface area contributed by atoms with E-state index < -0.39 is 12.2 Å². The van der Waals surface area contributed by atoms with Gasteiger partial charge in [-0.3, -0.25) is 15.1 Å². The van der Waals surface area contributed by atoms with E-state index in [1.165, 1.54) is 0 Å². The number of amides is 2. The maximum absolute atomic E-state index is 12.9. The molecule has 2 amide bonds. The minimum Gasteiger partial charge on any atom is -0.441 e. The number of hydrogen-bond acceptors (Lipinski definition) is 6. The molecule has 0 radical (unpaired) electrons. The maximum Gasteiger partial charge on any atom is 0.412 e. The van der Waals surface area contributed by atoms with Crippen molar-refractivity contribution in [3.8, 4) is 6.07 Å². The molecule has 2 heterocycles. The summed E-state index contributed by atoms with van der Waals surface area (Å²) in [4.78, 5) is 29.6. The third-order valence-corrected chi connectivity index (χ3v) is 5.77. The van der Waals surface area contributed by atoms with Crippen molar-refractivity contribution < 1.29 is 14.3 Å². The van der Waals surface area contributed by atoms with Gasteiger partial charge in [0, 0.05) is 23.9 Å². The average Bonchev–Trinajstić information content (AvgIpc) is 2.89. The topological polar surface area (TPSA) is 116 Å². The normalized spacial score (nSPS) is 14.4. The van der Waals surface area contributed by atoms with Gasteiger partial charge in [-0.15, -0.1) is 0 Å². The number of nitrogens with zero attached hydrogens (tertiary/aromatic N) is 2. The number of carbonyl (C=O) groups excluding carboxylic acids is 2. The molecule has 8 heteroatoms. The van der Waals surface area contributed by atoms with Crippen LogP contribution in [0.1, 0.15) is 40.4 Å². The fraction of sp³-hybridized carbons (Fsp3) is 0.231. The number of anilines is 2. The van der Waals surface area contributed by atoms with Crippen molar-refractivity contribution in [2.24, 2.45) is 5.92 Å². The molecule has 2 aromatic carbocycles. The smallest absolute Gasteiger partial charge is 0.412 e. The minimum absolute atomic E-state index is 0.195. The minimum atomic E-state index is -0.597. The molecule has 0 bridgehead atoms. The number of pyridine rings is 1. The Bertz CT molecular complexity index is 1170. The van der Waals surface area contributed by atoms with E-state index in [1.807, 2.05) is 18.2 Å². The summed E-state index contributed by atoms with van der Waals surface area (Å²) in [5, 5.41) is 17.9. The second kappa shape index (κ2) is 11.1. The monoisotopic (exact) mass is 455 g/mol. The number of carbonyl (C=O) groups is 2. The lowest BCUT2D eigenvalue weighted by atomic mass is 9.88. The Balaban J connectivity index is 1.47. The first-order valence-corrected chi connectivity index (χ1v) is 11.1. The van der Waals surface area contributed by atoms with Crippen LogP contribution in [0.15, 0.2) is 73.1 Å². The molecular formula is C26H25N5O3. The first kappa shape index (κ1) is 23.0. The van der Waals surface area contributed by atoms with Crippen LogP contribution in [0.5, 0.6) is 0 Å². The Kier molecular flexibility index (Phi) is 7.48. The van der Waals surface area contributed by atoms with Gasteiger partial charge in [-0.1, -0.05) is 12.1 Å². The summed E-state index contributed by atoms with van der Waals surface area (Å²) in [6.07, 6.45) is 4.19. The van der Waals surface area contributed by atoms with E-state index in [4.69, 9.17) is 10.00 Å². The average molecular weight is 456 g/mol. The molecule has 0 aliphatic carbocycles. The second-order valence-corrected chi connectivity index (χ2v) is 8.01. The summed E-state index contributed by atoms with van der Waals surface area (Å²) in [7, 11) is 0. The van der Waals surface area contributed by atoms with Crippen molar-refractivity contribution in [1.29, 1.82) is 5.26 Å². The number of aromatic nitrogens is 1. The number of para-hydroxylation sites is 2. The molecule has 1 unspecified atom stereocenters. The SMILES string of the molecule is N#Cc1ccc(C(=O)Nc2ccccc2NC(=O)OC(c2ccncc2)C2CCNCC2)cc1. The van der Waals surface area contributed by atoms with Gasteiger partial charge in [-0.2, -0.15) is 5.26 Å². The molecule has 1 saturated heterocycles. The Hall–Kier alpha value is -4.22. The van der Waals surface area contributed by atoms with Crippen LogP contribution in [0.4, 0.5) is 16.2 Å². The summed E-state index contributed by atoms with van der Waals surface area (Å²) < 4.78 is 5.90. The maximum atomic E-state index is 12.9. The Morgan fingerprint density at radius 2 is 1.62 bits per heavy atom. The first-order chi connectivity index (χ1) is 16.6. The van der Waals surface area contributed by atoms with Gasteiger partial charge in [0.2, 0.25) is 0 Å². The van der Waals surface area contributed by atoms with Crippen LogP contribution in [0.25, 0.3) is 0 Å². The summed E-state index contributed by atoms with van der Waals surface area (Å²) in [5.41, 5.74) is 2.64. The summed E-state index contributed by atoms with van der Waals surface area (Å²) in [6, 6.07) is 19.0. The number of benzene rings is 2. The van der Waals surface area contributed by atoms with Gasteiger partial charge in [0.05, 0.1) is 23.0 Å². The molecule has 0 saturated carbocycles. The Labute approximate surface area is 198 Å². The van der Waals surface area contributed by atoms with E-state index in [0.29, 0.717) is 22.5 Å². The van der Waals surface area contributed by atoms with Crippen molar-refractivity contribution in [3.05, 3.63) is 89.7 Å². The highest BCUT2D eigenvalue weighted by atomic mass is 16.6. The van der Waals surface area contributed by atoms with Crippen molar-refractivity contribution in [1.82, 2.24) is 10.3 Å². The Morgan fingerprint density at radius 3 is 2.26 bits per heavy atom. The number of rotatable bonds is 6. The van der Waals surface area contributed by atoms with Gasteiger partial charge in [0.25, 0.3) is 5.91 Å². The molecule has 1 fully saturated rings. The largest absolute Gasteiger partial charge is 0.441 e. The first-order valence-electron chi connectivity index (χ1n) is 11.1. The van der Waals surface area contributed by atoms with Crippen molar-refractivity contribution in [2.45, 2.75) is 18.9 Å². The van der Waals surface area contributed by atoms with Gasteiger partial charge >= 0.3 is 6.09 Å². The van der Waals surface area contributed by atoms with Crippen LogP contribution < -0.4 is 16.0 Å². The van der Waals surface area contributed by atoms with Crippen molar-refractivity contribution in [3.63, 3.8) is 0 Å². The van der Waals surface area contributed by atoms with Gasteiger partial charge in [-0.25, -0.2) is 4.79 Å². The molecule has 1 aliphatic rings. The van der Waals surface area contributed by atoms with E-state index in [0.717, 1.165) is 31.5 Å². The number of nitriles is 1. The lowest BCUT2D eigenvalue weighted by Crippen LogP contribution is -2.33. The van der Waals surface area contributed by atoms with E-state index >= 15 is 0 Å². The van der Waals surface area contributed by atoms with Crippen LogP contribution in [0, 0.1) is 17.2 Å². The third-order valence-electron chi connectivity index (χ3n) is 5.77. The Morgan fingerprint density at radius 1 is 0.971 bits per heavy atom. The van der Waals surface area contributed by atoms with Gasteiger partial charge in [0.15, 0.2) is 0 Å². The predicted octanol–water partition coefficient (Wildman–Crippen LogP) is 4.49. The highest BCUT2D eigenvalue weighted by molar-refractivity contribution is 6.06. The number of nitrogens with one attached hydrogen (secondary N) is 3. The standard InChI is InChI=1S/C26H25N5O3/c27-17-18-5-7-21(8-6-18)25(32)30-22-3-1-2-4-23(22)31-26(33)34-24(19-9-13-28-14-10-19)20-11-15-29-16-12-20/h1-10,13-14,20,24,29H,11-12,15-16H2,(H,30,32)(H,31,33). The molecular weight excluding hydrogens is 430 g/mol. The van der Waals surface area contributed by atoms with Crippen LogP contribution in [-0.4, -0.2) is 30.1 Å².